The number of carbonyl (C=O) groups excluding carboxylic acids is 1. The van der Waals surface area contributed by atoms with Crippen molar-refractivity contribution in [2.45, 2.75) is 51.9 Å². The molecule has 1 saturated carbocycles. The standard InChI is InChI=1S/C17H24N2O2/c1-4-21-14-9-17(18,16(14,2)3)15(20)19-10-12-7-5-6-8-13(12)11-19/h5-8,14H,4,9-11,18H2,1-3H3. The Morgan fingerprint density at radius 3 is 2.38 bits per heavy atom. The summed E-state index contributed by atoms with van der Waals surface area (Å²) in [5, 5.41) is 0. The van der Waals surface area contributed by atoms with Crippen molar-refractivity contribution < 1.29 is 9.53 Å². The van der Waals surface area contributed by atoms with Gasteiger partial charge in [0.1, 0.15) is 5.54 Å². The van der Waals surface area contributed by atoms with Crippen molar-refractivity contribution in [2.75, 3.05) is 6.61 Å². The largest absolute Gasteiger partial charge is 0.378 e. The van der Waals surface area contributed by atoms with Gasteiger partial charge in [-0.3, -0.25) is 4.79 Å². The Morgan fingerprint density at radius 1 is 1.33 bits per heavy atom. The predicted molar refractivity (Wildman–Crippen MR) is 81.4 cm³/mol. The van der Waals surface area contributed by atoms with E-state index in [-0.39, 0.29) is 17.4 Å². The zero-order valence-electron chi connectivity index (χ0n) is 13.1. The molecule has 114 valence electrons. The number of hydrogen-bond acceptors (Lipinski definition) is 3. The van der Waals surface area contributed by atoms with Gasteiger partial charge in [-0.2, -0.15) is 0 Å². The summed E-state index contributed by atoms with van der Waals surface area (Å²) in [4.78, 5) is 14.8. The summed E-state index contributed by atoms with van der Waals surface area (Å²) >= 11 is 0. The van der Waals surface area contributed by atoms with Crippen LogP contribution in [0, 0.1) is 5.41 Å². The second kappa shape index (κ2) is 4.82. The lowest BCUT2D eigenvalue weighted by Crippen LogP contribution is -2.75. The van der Waals surface area contributed by atoms with Crippen LogP contribution in [0.4, 0.5) is 0 Å². The molecule has 0 bridgehead atoms. The molecule has 1 aromatic carbocycles. The van der Waals surface area contributed by atoms with Crippen molar-refractivity contribution >= 4 is 5.91 Å². The van der Waals surface area contributed by atoms with Crippen molar-refractivity contribution in [3.8, 4) is 0 Å². The molecule has 3 rings (SSSR count). The molecule has 0 radical (unpaired) electrons. The fourth-order valence-corrected chi connectivity index (χ4v) is 3.56. The second-order valence-corrected chi connectivity index (χ2v) is 6.77. The molecule has 21 heavy (non-hydrogen) atoms. The van der Waals surface area contributed by atoms with E-state index in [1.54, 1.807) is 0 Å². The lowest BCUT2D eigenvalue weighted by Gasteiger charge is -2.58. The monoisotopic (exact) mass is 288 g/mol. The highest BCUT2D eigenvalue weighted by atomic mass is 16.5. The number of benzene rings is 1. The summed E-state index contributed by atoms with van der Waals surface area (Å²) in [5.41, 5.74) is 7.81. The van der Waals surface area contributed by atoms with Crippen molar-refractivity contribution in [3.05, 3.63) is 35.4 Å². The van der Waals surface area contributed by atoms with E-state index in [1.165, 1.54) is 11.1 Å². The van der Waals surface area contributed by atoms with Crippen LogP contribution in [-0.2, 0) is 22.6 Å². The Labute approximate surface area is 126 Å². The lowest BCUT2D eigenvalue weighted by atomic mass is 9.54. The minimum atomic E-state index is -0.811. The summed E-state index contributed by atoms with van der Waals surface area (Å²) in [6.45, 7) is 8.06. The number of rotatable bonds is 3. The van der Waals surface area contributed by atoms with Crippen LogP contribution in [0.15, 0.2) is 24.3 Å². The maximum atomic E-state index is 12.9. The Morgan fingerprint density at radius 2 is 1.90 bits per heavy atom. The molecule has 4 heteroatoms. The molecular weight excluding hydrogens is 264 g/mol. The lowest BCUT2D eigenvalue weighted by molar-refractivity contribution is -0.179. The van der Waals surface area contributed by atoms with Crippen molar-refractivity contribution in [1.29, 1.82) is 0 Å². The van der Waals surface area contributed by atoms with Gasteiger partial charge in [-0.15, -0.1) is 0 Å². The highest BCUT2D eigenvalue weighted by Crippen LogP contribution is 2.51. The minimum absolute atomic E-state index is 0.0552. The second-order valence-electron chi connectivity index (χ2n) is 6.77. The number of nitrogens with two attached hydrogens (primary N) is 1. The van der Waals surface area contributed by atoms with E-state index in [0.29, 0.717) is 26.1 Å². The fraction of sp³-hybridized carbons (Fsp3) is 0.588. The van der Waals surface area contributed by atoms with Gasteiger partial charge in [0.05, 0.1) is 6.10 Å². The maximum Gasteiger partial charge on any atom is 0.244 e. The summed E-state index contributed by atoms with van der Waals surface area (Å²) < 4.78 is 5.71. The zero-order valence-corrected chi connectivity index (χ0v) is 13.1. The number of ether oxygens (including phenoxy) is 1. The minimum Gasteiger partial charge on any atom is -0.378 e. The topological polar surface area (TPSA) is 55.6 Å². The van der Waals surface area contributed by atoms with Crippen LogP contribution in [0.25, 0.3) is 0 Å². The summed E-state index contributed by atoms with van der Waals surface area (Å²) in [5.74, 6) is 0.0552. The van der Waals surface area contributed by atoms with Gasteiger partial charge in [-0.25, -0.2) is 0 Å². The van der Waals surface area contributed by atoms with Gasteiger partial charge in [0.15, 0.2) is 0 Å². The predicted octanol–water partition coefficient (Wildman–Crippen LogP) is 2.06. The van der Waals surface area contributed by atoms with E-state index >= 15 is 0 Å². The van der Waals surface area contributed by atoms with Crippen LogP contribution in [0.1, 0.15) is 38.3 Å². The van der Waals surface area contributed by atoms with Crippen molar-refractivity contribution in [3.63, 3.8) is 0 Å². The highest BCUT2D eigenvalue weighted by Gasteiger charge is 2.63. The van der Waals surface area contributed by atoms with E-state index < -0.39 is 5.54 Å². The van der Waals surface area contributed by atoms with E-state index in [0.717, 1.165) is 0 Å². The summed E-state index contributed by atoms with van der Waals surface area (Å²) in [7, 11) is 0. The third-order valence-corrected chi connectivity index (χ3v) is 5.34. The van der Waals surface area contributed by atoms with Crippen molar-refractivity contribution in [1.82, 2.24) is 4.90 Å². The smallest absolute Gasteiger partial charge is 0.244 e. The first-order chi connectivity index (χ1) is 9.90. The van der Waals surface area contributed by atoms with E-state index in [4.69, 9.17) is 10.5 Å². The van der Waals surface area contributed by atoms with Gasteiger partial charge < -0.3 is 15.4 Å². The molecule has 1 aliphatic heterocycles. The molecule has 2 N–H and O–H groups in total. The van der Waals surface area contributed by atoms with Crippen LogP contribution in [0.2, 0.25) is 0 Å². The van der Waals surface area contributed by atoms with Crippen molar-refractivity contribution in [2.24, 2.45) is 11.1 Å². The van der Waals surface area contributed by atoms with E-state index in [1.807, 2.05) is 37.8 Å². The molecule has 0 saturated heterocycles. The van der Waals surface area contributed by atoms with E-state index in [9.17, 15) is 4.79 Å². The number of nitrogens with zero attached hydrogens (tertiary/aromatic N) is 1. The SMILES string of the molecule is CCOC1CC(N)(C(=O)N2Cc3ccccc3C2)C1(C)C. The molecule has 2 atom stereocenters. The Bertz CT molecular complexity index is 545. The van der Waals surface area contributed by atoms with Crippen LogP contribution in [-0.4, -0.2) is 29.1 Å². The van der Waals surface area contributed by atoms with Gasteiger partial charge >= 0.3 is 0 Å². The Kier molecular flexibility index (Phi) is 3.34. The molecule has 1 fully saturated rings. The third kappa shape index (κ3) is 2.00. The van der Waals surface area contributed by atoms with Gasteiger partial charge in [0, 0.05) is 31.5 Å². The van der Waals surface area contributed by atoms with Gasteiger partial charge in [0.2, 0.25) is 5.91 Å². The quantitative estimate of drug-likeness (QED) is 0.926. The van der Waals surface area contributed by atoms with E-state index in [2.05, 4.69) is 12.1 Å². The van der Waals surface area contributed by atoms with Gasteiger partial charge in [0.25, 0.3) is 0 Å². The first-order valence-corrected chi connectivity index (χ1v) is 7.67. The molecule has 0 aromatic heterocycles. The number of hydrogen-bond donors (Lipinski definition) is 1. The number of fused-ring (bicyclic) bond motifs is 1. The average molecular weight is 288 g/mol. The molecular formula is C17H24N2O2. The van der Waals surface area contributed by atoms with Crippen LogP contribution < -0.4 is 5.73 Å². The zero-order chi connectivity index (χ0) is 15.3. The fourth-order valence-electron chi connectivity index (χ4n) is 3.56. The van der Waals surface area contributed by atoms with Crippen LogP contribution >= 0.6 is 0 Å². The molecule has 0 spiro atoms. The summed E-state index contributed by atoms with van der Waals surface area (Å²) in [6.07, 6.45) is 0.681. The average Bonchev–Trinajstić information content (AvgIpc) is 2.89. The first kappa shape index (κ1) is 14.5. The molecule has 4 nitrogen and oxygen atoms in total. The Hall–Kier alpha value is -1.39. The van der Waals surface area contributed by atoms with Crippen LogP contribution in [0.5, 0.6) is 0 Å². The van der Waals surface area contributed by atoms with Gasteiger partial charge in [-0.05, 0) is 18.1 Å². The van der Waals surface area contributed by atoms with Crippen LogP contribution in [0.3, 0.4) is 0 Å². The maximum absolute atomic E-state index is 12.9. The molecule has 2 unspecified atom stereocenters. The first-order valence-electron chi connectivity index (χ1n) is 7.67. The molecule has 1 amide bonds. The molecule has 1 aliphatic carbocycles. The normalized spacial score (nSPS) is 29.9. The number of carbonyl (C=O) groups is 1. The molecule has 1 aromatic rings. The third-order valence-electron chi connectivity index (χ3n) is 5.34. The molecule has 2 aliphatic rings. The number of amides is 1. The highest BCUT2D eigenvalue weighted by molar-refractivity contribution is 5.89. The summed E-state index contributed by atoms with van der Waals surface area (Å²) in [6, 6.07) is 8.20. The Balaban J connectivity index is 1.76. The molecule has 1 heterocycles. The van der Waals surface area contributed by atoms with Gasteiger partial charge in [-0.1, -0.05) is 38.1 Å².